The SMILES string of the molecule is CC(C)=Nn1nc2c(n1)C(=O)c1cnccc1C2=O. The van der Waals surface area contributed by atoms with Crippen LogP contribution in [0.2, 0.25) is 0 Å². The Balaban J connectivity index is 2.21. The monoisotopic (exact) mass is 255 g/mol. The molecule has 0 saturated carbocycles. The van der Waals surface area contributed by atoms with Gasteiger partial charge in [0, 0.05) is 23.7 Å². The molecule has 7 nitrogen and oxygen atoms in total. The normalized spacial score (nSPS) is 12.9. The molecule has 1 aliphatic carbocycles. The third kappa shape index (κ3) is 1.67. The summed E-state index contributed by atoms with van der Waals surface area (Å²) in [5.41, 5.74) is 1.33. The average molecular weight is 255 g/mol. The van der Waals surface area contributed by atoms with Gasteiger partial charge < -0.3 is 0 Å². The van der Waals surface area contributed by atoms with Crippen molar-refractivity contribution in [2.45, 2.75) is 13.8 Å². The van der Waals surface area contributed by atoms with Crippen LogP contribution >= 0.6 is 0 Å². The Bertz CT molecular complexity index is 688. The third-order valence-electron chi connectivity index (χ3n) is 2.63. The Morgan fingerprint density at radius 1 is 1.11 bits per heavy atom. The lowest BCUT2D eigenvalue weighted by Gasteiger charge is -2.09. The summed E-state index contributed by atoms with van der Waals surface area (Å²) in [5, 5.41) is 11.9. The van der Waals surface area contributed by atoms with E-state index in [9.17, 15) is 9.59 Å². The van der Waals surface area contributed by atoms with Gasteiger partial charge in [0.05, 0.1) is 5.56 Å². The van der Waals surface area contributed by atoms with Crippen molar-refractivity contribution in [2.75, 3.05) is 0 Å². The number of rotatable bonds is 1. The third-order valence-corrected chi connectivity index (χ3v) is 2.63. The van der Waals surface area contributed by atoms with E-state index in [1.807, 2.05) is 0 Å². The van der Waals surface area contributed by atoms with E-state index < -0.39 is 0 Å². The second-order valence-corrected chi connectivity index (χ2v) is 4.29. The topological polar surface area (TPSA) is 90.1 Å². The minimum absolute atomic E-state index is 0.0236. The molecule has 7 heteroatoms. The Morgan fingerprint density at radius 3 is 2.37 bits per heavy atom. The van der Waals surface area contributed by atoms with E-state index in [2.05, 4.69) is 20.3 Å². The van der Waals surface area contributed by atoms with Crippen molar-refractivity contribution in [3.63, 3.8) is 0 Å². The van der Waals surface area contributed by atoms with Crippen molar-refractivity contribution in [3.8, 4) is 0 Å². The van der Waals surface area contributed by atoms with Gasteiger partial charge in [-0.3, -0.25) is 14.6 Å². The number of carbonyl (C=O) groups is 2. The van der Waals surface area contributed by atoms with Crippen molar-refractivity contribution in [2.24, 2.45) is 5.10 Å². The van der Waals surface area contributed by atoms with Crippen LogP contribution in [-0.4, -0.2) is 37.4 Å². The van der Waals surface area contributed by atoms with E-state index in [-0.39, 0.29) is 28.5 Å². The summed E-state index contributed by atoms with van der Waals surface area (Å²) in [7, 11) is 0. The van der Waals surface area contributed by atoms with Crippen LogP contribution in [0.5, 0.6) is 0 Å². The zero-order valence-corrected chi connectivity index (χ0v) is 10.3. The molecule has 0 fully saturated rings. The zero-order valence-electron chi connectivity index (χ0n) is 10.3. The quantitative estimate of drug-likeness (QED) is 0.597. The zero-order chi connectivity index (χ0) is 13.6. The van der Waals surface area contributed by atoms with Crippen molar-refractivity contribution in [3.05, 3.63) is 41.0 Å². The molecular formula is C12H9N5O2. The Kier molecular flexibility index (Phi) is 2.34. The van der Waals surface area contributed by atoms with Gasteiger partial charge in [0.15, 0.2) is 11.4 Å². The van der Waals surface area contributed by atoms with E-state index in [1.165, 1.54) is 18.5 Å². The van der Waals surface area contributed by atoms with E-state index in [4.69, 9.17) is 0 Å². The molecule has 2 heterocycles. The van der Waals surface area contributed by atoms with E-state index >= 15 is 0 Å². The minimum atomic E-state index is -0.354. The molecule has 3 rings (SSSR count). The van der Waals surface area contributed by atoms with Gasteiger partial charge in [-0.05, 0) is 19.9 Å². The molecule has 94 valence electrons. The molecule has 0 N–H and O–H groups in total. The maximum atomic E-state index is 12.2. The molecule has 0 atom stereocenters. The maximum Gasteiger partial charge on any atom is 0.218 e. The van der Waals surface area contributed by atoms with Gasteiger partial charge in [-0.15, -0.1) is 15.3 Å². The maximum absolute atomic E-state index is 12.2. The molecule has 1 aliphatic rings. The van der Waals surface area contributed by atoms with Gasteiger partial charge >= 0.3 is 0 Å². The molecule has 0 amide bonds. The predicted octanol–water partition coefficient (Wildman–Crippen LogP) is 0.692. The number of hydrogen-bond acceptors (Lipinski definition) is 6. The number of carbonyl (C=O) groups excluding carboxylic acids is 2. The van der Waals surface area contributed by atoms with Gasteiger partial charge in [0.25, 0.3) is 0 Å². The van der Waals surface area contributed by atoms with Gasteiger partial charge in [-0.1, -0.05) is 4.91 Å². The summed E-state index contributed by atoms with van der Waals surface area (Å²) in [6.45, 7) is 3.54. The van der Waals surface area contributed by atoms with Crippen molar-refractivity contribution in [1.29, 1.82) is 0 Å². The minimum Gasteiger partial charge on any atom is -0.287 e. The van der Waals surface area contributed by atoms with Crippen LogP contribution in [0, 0.1) is 0 Å². The van der Waals surface area contributed by atoms with Crippen LogP contribution in [0.4, 0.5) is 0 Å². The molecule has 2 aromatic heterocycles. The Morgan fingerprint density at radius 2 is 1.74 bits per heavy atom. The first-order valence-corrected chi connectivity index (χ1v) is 5.61. The van der Waals surface area contributed by atoms with Crippen molar-refractivity contribution in [1.82, 2.24) is 20.1 Å². The summed E-state index contributed by atoms with van der Waals surface area (Å²) < 4.78 is 0. The number of nitrogens with zero attached hydrogens (tertiary/aromatic N) is 5. The fourth-order valence-corrected chi connectivity index (χ4v) is 1.85. The van der Waals surface area contributed by atoms with E-state index in [0.717, 1.165) is 4.91 Å². The summed E-state index contributed by atoms with van der Waals surface area (Å²) in [6.07, 6.45) is 2.83. The van der Waals surface area contributed by atoms with Crippen LogP contribution in [0.3, 0.4) is 0 Å². The first-order valence-electron chi connectivity index (χ1n) is 5.61. The first kappa shape index (κ1) is 11.4. The van der Waals surface area contributed by atoms with Gasteiger partial charge in [-0.25, -0.2) is 0 Å². The molecule has 0 saturated heterocycles. The summed E-state index contributed by atoms with van der Waals surface area (Å²) in [4.78, 5) is 29.3. The largest absolute Gasteiger partial charge is 0.287 e. The molecule has 0 aromatic carbocycles. The van der Waals surface area contributed by atoms with Crippen molar-refractivity contribution >= 4 is 17.3 Å². The Labute approximate surface area is 108 Å². The molecule has 19 heavy (non-hydrogen) atoms. The van der Waals surface area contributed by atoms with E-state index in [1.54, 1.807) is 13.8 Å². The second-order valence-electron chi connectivity index (χ2n) is 4.29. The molecular weight excluding hydrogens is 246 g/mol. The highest BCUT2D eigenvalue weighted by molar-refractivity contribution is 6.26. The second kappa shape index (κ2) is 3.91. The number of hydrogen-bond donors (Lipinski definition) is 0. The van der Waals surface area contributed by atoms with Crippen LogP contribution in [-0.2, 0) is 0 Å². The van der Waals surface area contributed by atoms with Gasteiger partial charge in [0.2, 0.25) is 11.6 Å². The number of ketones is 2. The number of aromatic nitrogens is 4. The highest BCUT2D eigenvalue weighted by Gasteiger charge is 2.34. The molecule has 0 bridgehead atoms. The number of fused-ring (bicyclic) bond motifs is 2. The molecule has 2 aromatic rings. The highest BCUT2D eigenvalue weighted by atomic mass is 16.1. The molecule has 0 spiro atoms. The smallest absolute Gasteiger partial charge is 0.218 e. The standard InChI is InChI=1S/C12H9N5O2/c1-6(2)14-17-15-9-10(16-17)12(19)8-5-13-4-3-7(8)11(9)18/h3-5H,1-2H3. The highest BCUT2D eigenvalue weighted by Crippen LogP contribution is 2.23. The summed E-state index contributed by atoms with van der Waals surface area (Å²) >= 11 is 0. The first-order chi connectivity index (χ1) is 9.08. The van der Waals surface area contributed by atoms with Crippen LogP contribution in [0.1, 0.15) is 46.0 Å². The number of pyridine rings is 1. The van der Waals surface area contributed by atoms with Crippen molar-refractivity contribution < 1.29 is 9.59 Å². The average Bonchev–Trinajstić information content (AvgIpc) is 2.79. The Hall–Kier alpha value is -2.70. The van der Waals surface area contributed by atoms with Crippen LogP contribution in [0.15, 0.2) is 23.6 Å². The molecule has 0 aliphatic heterocycles. The summed E-state index contributed by atoms with van der Waals surface area (Å²) in [5.74, 6) is -0.685. The van der Waals surface area contributed by atoms with Crippen LogP contribution < -0.4 is 0 Å². The predicted molar refractivity (Wildman–Crippen MR) is 65.3 cm³/mol. The molecule has 0 radical (unpaired) electrons. The lowest BCUT2D eigenvalue weighted by atomic mass is 9.92. The summed E-state index contributed by atoms with van der Waals surface area (Å²) in [6, 6.07) is 1.51. The van der Waals surface area contributed by atoms with Gasteiger partial charge in [0.1, 0.15) is 0 Å². The fourth-order valence-electron chi connectivity index (χ4n) is 1.85. The fraction of sp³-hybridized carbons (Fsp3) is 0.167. The van der Waals surface area contributed by atoms with Crippen LogP contribution in [0.25, 0.3) is 0 Å². The van der Waals surface area contributed by atoms with E-state index in [0.29, 0.717) is 11.3 Å². The lowest BCUT2D eigenvalue weighted by Crippen LogP contribution is -2.20. The lowest BCUT2D eigenvalue weighted by molar-refractivity contribution is 0.0973. The van der Waals surface area contributed by atoms with Gasteiger partial charge in [-0.2, -0.15) is 0 Å². The molecule has 0 unspecified atom stereocenters.